The molecule has 0 saturated carbocycles. The van der Waals surface area contributed by atoms with E-state index in [-0.39, 0.29) is 13.0 Å². The molecule has 2 rings (SSSR count). The fourth-order valence-electron chi connectivity index (χ4n) is 2.02. The predicted molar refractivity (Wildman–Crippen MR) is 81.3 cm³/mol. The summed E-state index contributed by atoms with van der Waals surface area (Å²) >= 11 is 0. The van der Waals surface area contributed by atoms with Crippen molar-refractivity contribution in [2.75, 3.05) is 0 Å². The number of carboxylic acid groups (broad SMARTS) is 1. The normalized spacial score (nSPS) is 11.7. The van der Waals surface area contributed by atoms with Crippen LogP contribution in [0.3, 0.4) is 0 Å². The van der Waals surface area contributed by atoms with Crippen LogP contribution in [0.4, 0.5) is 0 Å². The van der Waals surface area contributed by atoms with E-state index in [2.05, 4.69) is 0 Å². The number of hydrogen-bond acceptors (Lipinski definition) is 4. The van der Waals surface area contributed by atoms with Crippen LogP contribution in [0.5, 0.6) is 0 Å². The fraction of sp³-hybridized carbons (Fsp3) is 0.176. The quantitative estimate of drug-likeness (QED) is 0.796. The zero-order chi connectivity index (χ0) is 15.9. The second-order valence-electron chi connectivity index (χ2n) is 4.87. The summed E-state index contributed by atoms with van der Waals surface area (Å²) in [6.45, 7) is 0.166. The number of hydrogen-bond donors (Lipinski definition) is 2. The number of esters is 1. The van der Waals surface area contributed by atoms with Gasteiger partial charge in [0.15, 0.2) is 0 Å². The molecule has 5 heteroatoms. The standard InChI is InChI=1S/C17H17NO4/c18-15(16(19)20)10-13-8-4-5-9-14(13)17(21)22-11-12-6-2-1-3-7-12/h1-9,15H,10-11,18H2,(H,19,20)/t15-/m1/s1. The van der Waals surface area contributed by atoms with E-state index >= 15 is 0 Å². The van der Waals surface area contributed by atoms with E-state index in [1.807, 2.05) is 30.3 Å². The molecule has 2 aromatic rings. The molecule has 0 aliphatic carbocycles. The number of carbonyl (C=O) groups is 2. The summed E-state index contributed by atoms with van der Waals surface area (Å²) in [5.74, 6) is -1.59. The molecule has 0 fully saturated rings. The van der Waals surface area contributed by atoms with Crippen molar-refractivity contribution in [1.29, 1.82) is 0 Å². The van der Waals surface area contributed by atoms with Crippen LogP contribution in [-0.2, 0) is 22.6 Å². The van der Waals surface area contributed by atoms with Gasteiger partial charge < -0.3 is 15.6 Å². The van der Waals surface area contributed by atoms with Gasteiger partial charge in [-0.25, -0.2) is 4.79 Å². The van der Waals surface area contributed by atoms with E-state index < -0.39 is 18.0 Å². The lowest BCUT2D eigenvalue weighted by Crippen LogP contribution is -2.32. The third-order valence-corrected chi connectivity index (χ3v) is 3.21. The van der Waals surface area contributed by atoms with Crippen molar-refractivity contribution >= 4 is 11.9 Å². The van der Waals surface area contributed by atoms with Crippen molar-refractivity contribution in [2.24, 2.45) is 5.73 Å². The smallest absolute Gasteiger partial charge is 0.338 e. The third kappa shape index (κ3) is 4.17. The summed E-state index contributed by atoms with van der Waals surface area (Å²) in [5, 5.41) is 8.88. The lowest BCUT2D eigenvalue weighted by Gasteiger charge is -2.11. The molecule has 1 atom stereocenters. The Morgan fingerprint density at radius 3 is 2.36 bits per heavy atom. The molecule has 0 heterocycles. The molecule has 2 aromatic carbocycles. The zero-order valence-corrected chi connectivity index (χ0v) is 11.9. The van der Waals surface area contributed by atoms with Crippen molar-refractivity contribution in [3.8, 4) is 0 Å². The number of rotatable bonds is 6. The van der Waals surface area contributed by atoms with Crippen LogP contribution in [-0.4, -0.2) is 23.1 Å². The summed E-state index contributed by atoms with van der Waals surface area (Å²) in [6, 6.07) is 15.0. The van der Waals surface area contributed by atoms with E-state index in [1.165, 1.54) is 0 Å². The van der Waals surface area contributed by atoms with Gasteiger partial charge in [0.05, 0.1) is 5.56 Å². The first kappa shape index (κ1) is 15.7. The molecule has 0 aromatic heterocycles. The molecule has 0 radical (unpaired) electrons. The molecule has 0 aliphatic heterocycles. The van der Waals surface area contributed by atoms with Crippen molar-refractivity contribution in [1.82, 2.24) is 0 Å². The Morgan fingerprint density at radius 2 is 1.68 bits per heavy atom. The van der Waals surface area contributed by atoms with Crippen molar-refractivity contribution < 1.29 is 19.4 Å². The van der Waals surface area contributed by atoms with Crippen LogP contribution in [0.1, 0.15) is 21.5 Å². The van der Waals surface area contributed by atoms with Gasteiger partial charge in [-0.2, -0.15) is 0 Å². The maximum Gasteiger partial charge on any atom is 0.338 e. The largest absolute Gasteiger partial charge is 0.480 e. The summed E-state index contributed by atoms with van der Waals surface area (Å²) in [4.78, 5) is 23.0. The first-order valence-electron chi connectivity index (χ1n) is 6.85. The predicted octanol–water partition coefficient (Wildman–Crippen LogP) is 2.00. The summed E-state index contributed by atoms with van der Waals surface area (Å²) in [5.41, 5.74) is 7.32. The van der Waals surface area contributed by atoms with Crippen LogP contribution in [0, 0.1) is 0 Å². The molecular formula is C17H17NO4. The molecule has 0 saturated heterocycles. The molecule has 114 valence electrons. The monoisotopic (exact) mass is 299 g/mol. The van der Waals surface area contributed by atoms with Crippen LogP contribution in [0.15, 0.2) is 54.6 Å². The number of aliphatic carboxylic acids is 1. The molecule has 0 bridgehead atoms. The summed E-state index contributed by atoms with van der Waals surface area (Å²) < 4.78 is 5.27. The highest BCUT2D eigenvalue weighted by Gasteiger charge is 2.18. The molecular weight excluding hydrogens is 282 g/mol. The summed E-state index contributed by atoms with van der Waals surface area (Å²) in [6.07, 6.45) is 0.0753. The molecule has 0 unspecified atom stereocenters. The van der Waals surface area contributed by atoms with Gasteiger partial charge in [-0.1, -0.05) is 48.5 Å². The molecule has 0 spiro atoms. The van der Waals surface area contributed by atoms with Gasteiger partial charge in [0, 0.05) is 0 Å². The average Bonchev–Trinajstić information content (AvgIpc) is 2.54. The molecule has 5 nitrogen and oxygen atoms in total. The Kier molecular flexibility index (Phi) is 5.27. The average molecular weight is 299 g/mol. The van der Waals surface area contributed by atoms with Gasteiger partial charge in [-0.3, -0.25) is 4.79 Å². The van der Waals surface area contributed by atoms with Crippen molar-refractivity contribution in [3.63, 3.8) is 0 Å². The zero-order valence-electron chi connectivity index (χ0n) is 11.9. The Balaban J connectivity index is 2.07. The topological polar surface area (TPSA) is 89.6 Å². The Morgan fingerprint density at radius 1 is 1.05 bits per heavy atom. The Labute approximate surface area is 128 Å². The number of benzene rings is 2. The van der Waals surface area contributed by atoms with E-state index in [1.54, 1.807) is 24.3 Å². The van der Waals surface area contributed by atoms with Gasteiger partial charge in [0.1, 0.15) is 12.6 Å². The summed E-state index contributed by atoms with van der Waals surface area (Å²) in [7, 11) is 0. The minimum absolute atomic E-state index is 0.0753. The Hall–Kier alpha value is -2.66. The number of nitrogens with two attached hydrogens (primary N) is 1. The van der Waals surface area contributed by atoms with Crippen LogP contribution < -0.4 is 5.73 Å². The number of carbonyl (C=O) groups excluding carboxylic acids is 1. The maximum atomic E-state index is 12.2. The van der Waals surface area contributed by atoms with Crippen molar-refractivity contribution in [2.45, 2.75) is 19.1 Å². The van der Waals surface area contributed by atoms with Gasteiger partial charge in [-0.15, -0.1) is 0 Å². The minimum atomic E-state index is -1.10. The molecule has 3 N–H and O–H groups in total. The van der Waals surface area contributed by atoms with Crippen LogP contribution in [0.2, 0.25) is 0 Å². The molecule has 0 amide bonds. The lowest BCUT2D eigenvalue weighted by molar-refractivity contribution is -0.138. The number of ether oxygens (including phenoxy) is 1. The minimum Gasteiger partial charge on any atom is -0.480 e. The van der Waals surface area contributed by atoms with Gasteiger partial charge in [0.25, 0.3) is 0 Å². The SMILES string of the molecule is N[C@H](Cc1ccccc1C(=O)OCc1ccccc1)C(=O)O. The van der Waals surface area contributed by atoms with Crippen molar-refractivity contribution in [3.05, 3.63) is 71.3 Å². The highest BCUT2D eigenvalue weighted by atomic mass is 16.5. The van der Waals surface area contributed by atoms with E-state index in [4.69, 9.17) is 15.6 Å². The first-order valence-corrected chi connectivity index (χ1v) is 6.85. The Bertz CT molecular complexity index is 655. The van der Waals surface area contributed by atoms with E-state index in [0.29, 0.717) is 11.1 Å². The highest BCUT2D eigenvalue weighted by Crippen LogP contribution is 2.13. The van der Waals surface area contributed by atoms with Crippen LogP contribution >= 0.6 is 0 Å². The second-order valence-corrected chi connectivity index (χ2v) is 4.87. The van der Waals surface area contributed by atoms with Gasteiger partial charge in [-0.05, 0) is 23.6 Å². The highest BCUT2D eigenvalue weighted by molar-refractivity contribution is 5.91. The second kappa shape index (κ2) is 7.38. The van der Waals surface area contributed by atoms with Gasteiger partial charge >= 0.3 is 11.9 Å². The van der Waals surface area contributed by atoms with E-state index in [9.17, 15) is 9.59 Å². The van der Waals surface area contributed by atoms with Gasteiger partial charge in [0.2, 0.25) is 0 Å². The maximum absolute atomic E-state index is 12.2. The third-order valence-electron chi connectivity index (χ3n) is 3.21. The molecule has 0 aliphatic rings. The number of carboxylic acids is 1. The first-order chi connectivity index (χ1) is 10.6. The van der Waals surface area contributed by atoms with E-state index in [0.717, 1.165) is 5.56 Å². The van der Waals surface area contributed by atoms with Crippen LogP contribution in [0.25, 0.3) is 0 Å². The molecule has 22 heavy (non-hydrogen) atoms. The fourth-order valence-corrected chi connectivity index (χ4v) is 2.02. The lowest BCUT2D eigenvalue weighted by atomic mass is 10.0.